The summed E-state index contributed by atoms with van der Waals surface area (Å²) in [6.45, 7) is 2.11. The molecule has 0 radical (unpaired) electrons. The zero-order valence-electron chi connectivity index (χ0n) is 8.95. The molecule has 0 fully saturated rings. The van der Waals surface area contributed by atoms with E-state index in [0.29, 0.717) is 6.42 Å². The van der Waals surface area contributed by atoms with Crippen molar-refractivity contribution in [3.05, 3.63) is 0 Å². The Hall–Kier alpha value is -0.900. The molecule has 0 aromatic heterocycles. The van der Waals surface area contributed by atoms with Gasteiger partial charge in [0.2, 0.25) is 5.78 Å². The number of carbonyl (C=O) groups is 2. The molecule has 2 N–H and O–H groups in total. The number of carbonyl (C=O) groups excluding carboxylic acids is 1. The molecule has 4 heteroatoms. The van der Waals surface area contributed by atoms with E-state index in [9.17, 15) is 9.59 Å². The highest BCUT2D eigenvalue weighted by Crippen LogP contribution is 2.04. The van der Waals surface area contributed by atoms with E-state index >= 15 is 0 Å². The molecule has 0 aliphatic carbocycles. The third kappa shape index (κ3) is 11.1. The van der Waals surface area contributed by atoms with Crippen LogP contribution in [0.1, 0.15) is 45.4 Å². The fraction of sp³-hybridized carbons (Fsp3) is 0.800. The van der Waals surface area contributed by atoms with E-state index in [0.717, 1.165) is 26.4 Å². The molecule has 0 unspecified atom stereocenters. The third-order valence-electron chi connectivity index (χ3n) is 1.75. The van der Waals surface area contributed by atoms with E-state index < -0.39 is 11.8 Å². The molecule has 0 bridgehead atoms. The van der Waals surface area contributed by atoms with Crippen molar-refractivity contribution < 1.29 is 19.8 Å². The summed E-state index contributed by atoms with van der Waals surface area (Å²) in [4.78, 5) is 20.6. The minimum atomic E-state index is -1.30. The van der Waals surface area contributed by atoms with Crippen molar-refractivity contribution in [2.75, 3.05) is 7.11 Å². The molecule has 0 atom stereocenters. The lowest BCUT2D eigenvalue weighted by Crippen LogP contribution is -2.11. The largest absolute Gasteiger partial charge is 0.476 e. The lowest BCUT2D eigenvalue weighted by molar-refractivity contribution is -0.149. The molecular weight excluding hydrogens is 184 g/mol. The molecule has 0 aliphatic heterocycles. The van der Waals surface area contributed by atoms with Crippen LogP contribution in [0.15, 0.2) is 0 Å². The van der Waals surface area contributed by atoms with E-state index in [1.54, 1.807) is 0 Å². The predicted molar refractivity (Wildman–Crippen MR) is 54.2 cm³/mol. The molecule has 0 spiro atoms. The SMILES string of the molecule is CCCCCCCC(=O)C(=O)O.CO. The second kappa shape index (κ2) is 12.1. The highest BCUT2D eigenvalue weighted by atomic mass is 16.4. The molecule has 0 saturated heterocycles. The minimum Gasteiger partial charge on any atom is -0.476 e. The van der Waals surface area contributed by atoms with Crippen LogP contribution >= 0.6 is 0 Å². The number of hydrogen-bond donors (Lipinski definition) is 2. The van der Waals surface area contributed by atoms with Crippen LogP contribution in [0.4, 0.5) is 0 Å². The van der Waals surface area contributed by atoms with Crippen molar-refractivity contribution >= 4 is 11.8 Å². The molecule has 4 nitrogen and oxygen atoms in total. The Bertz CT molecular complexity index is 154. The van der Waals surface area contributed by atoms with Crippen LogP contribution in [0.5, 0.6) is 0 Å². The van der Waals surface area contributed by atoms with Crippen LogP contribution < -0.4 is 0 Å². The Labute approximate surface area is 84.9 Å². The van der Waals surface area contributed by atoms with Crippen molar-refractivity contribution in [3.8, 4) is 0 Å². The molecule has 0 aliphatic rings. The molecule has 0 aromatic rings. The molecule has 0 heterocycles. The summed E-state index contributed by atoms with van der Waals surface area (Å²) in [5.74, 6) is -1.96. The van der Waals surface area contributed by atoms with Gasteiger partial charge in [0.1, 0.15) is 0 Å². The number of ketones is 1. The number of unbranched alkanes of at least 4 members (excludes halogenated alkanes) is 4. The molecule has 0 aromatic carbocycles. The molecule has 0 rings (SSSR count). The highest BCUT2D eigenvalue weighted by molar-refractivity contribution is 6.32. The lowest BCUT2D eigenvalue weighted by Gasteiger charge is -1.96. The van der Waals surface area contributed by atoms with Gasteiger partial charge in [-0.3, -0.25) is 4.79 Å². The van der Waals surface area contributed by atoms with Crippen molar-refractivity contribution in [2.24, 2.45) is 0 Å². The van der Waals surface area contributed by atoms with Gasteiger partial charge in [-0.05, 0) is 6.42 Å². The van der Waals surface area contributed by atoms with Crippen LogP contribution in [0.2, 0.25) is 0 Å². The number of carboxylic acid groups (broad SMARTS) is 1. The van der Waals surface area contributed by atoms with Gasteiger partial charge in [0.25, 0.3) is 0 Å². The van der Waals surface area contributed by atoms with E-state index in [4.69, 9.17) is 10.2 Å². The number of carboxylic acids is 1. The van der Waals surface area contributed by atoms with Gasteiger partial charge in [0.15, 0.2) is 0 Å². The maximum atomic E-state index is 10.6. The average Bonchev–Trinajstić information content (AvgIpc) is 2.20. The summed E-state index contributed by atoms with van der Waals surface area (Å²) < 4.78 is 0. The Morgan fingerprint density at radius 2 is 1.50 bits per heavy atom. The van der Waals surface area contributed by atoms with Crippen LogP contribution in [-0.2, 0) is 9.59 Å². The van der Waals surface area contributed by atoms with Gasteiger partial charge >= 0.3 is 5.97 Å². The number of hydrogen-bond acceptors (Lipinski definition) is 3. The summed E-state index contributed by atoms with van der Waals surface area (Å²) in [6, 6.07) is 0. The minimum absolute atomic E-state index is 0.193. The van der Waals surface area contributed by atoms with Gasteiger partial charge in [0, 0.05) is 13.5 Å². The fourth-order valence-electron chi connectivity index (χ4n) is 0.996. The number of aliphatic hydroxyl groups excluding tert-OH is 1. The van der Waals surface area contributed by atoms with Gasteiger partial charge < -0.3 is 10.2 Å². The zero-order chi connectivity index (χ0) is 11.4. The monoisotopic (exact) mass is 204 g/mol. The van der Waals surface area contributed by atoms with Crippen molar-refractivity contribution in [1.82, 2.24) is 0 Å². The second-order valence-corrected chi connectivity index (χ2v) is 2.89. The van der Waals surface area contributed by atoms with Crippen LogP contribution in [0, 0.1) is 0 Å². The van der Waals surface area contributed by atoms with Crippen LogP contribution in [0.3, 0.4) is 0 Å². The first-order valence-electron chi connectivity index (χ1n) is 4.89. The van der Waals surface area contributed by atoms with Gasteiger partial charge in [-0.2, -0.15) is 0 Å². The Morgan fingerprint density at radius 3 is 1.93 bits per heavy atom. The molecular formula is C10H20O4. The quantitative estimate of drug-likeness (QED) is 0.488. The maximum absolute atomic E-state index is 10.6. The van der Waals surface area contributed by atoms with E-state index in [1.807, 2.05) is 0 Å². The standard InChI is InChI=1S/C9H16O3.CH4O/c1-2-3-4-5-6-7-8(10)9(11)12;1-2/h2-7H2,1H3,(H,11,12);2H,1H3. The predicted octanol–water partition coefficient (Wildman–Crippen LogP) is 1.61. The van der Waals surface area contributed by atoms with Gasteiger partial charge in [-0.1, -0.05) is 32.6 Å². The first-order chi connectivity index (χ1) is 6.68. The number of aliphatic carboxylic acids is 1. The number of Topliss-reactive ketones (excluding diaryl/α,β-unsaturated/α-hetero) is 1. The maximum Gasteiger partial charge on any atom is 0.372 e. The van der Waals surface area contributed by atoms with Crippen LogP contribution in [0.25, 0.3) is 0 Å². The third-order valence-corrected chi connectivity index (χ3v) is 1.75. The van der Waals surface area contributed by atoms with Gasteiger partial charge in [-0.15, -0.1) is 0 Å². The first-order valence-corrected chi connectivity index (χ1v) is 4.89. The molecule has 0 saturated carbocycles. The van der Waals surface area contributed by atoms with Crippen molar-refractivity contribution in [2.45, 2.75) is 45.4 Å². The van der Waals surface area contributed by atoms with E-state index in [2.05, 4.69) is 6.92 Å². The summed E-state index contributed by atoms with van der Waals surface area (Å²) >= 11 is 0. The van der Waals surface area contributed by atoms with Crippen molar-refractivity contribution in [1.29, 1.82) is 0 Å². The normalized spacial score (nSPS) is 8.79. The van der Waals surface area contributed by atoms with Gasteiger partial charge in [0.05, 0.1) is 0 Å². The fourth-order valence-corrected chi connectivity index (χ4v) is 0.996. The number of rotatable bonds is 7. The average molecular weight is 204 g/mol. The van der Waals surface area contributed by atoms with Crippen LogP contribution in [-0.4, -0.2) is 29.1 Å². The molecule has 0 amide bonds. The van der Waals surface area contributed by atoms with E-state index in [1.165, 1.54) is 6.42 Å². The van der Waals surface area contributed by atoms with Crippen molar-refractivity contribution in [3.63, 3.8) is 0 Å². The first kappa shape index (κ1) is 15.6. The number of aliphatic hydroxyl groups is 1. The summed E-state index contributed by atoms with van der Waals surface area (Å²) in [5, 5.41) is 15.2. The second-order valence-electron chi connectivity index (χ2n) is 2.89. The molecule has 84 valence electrons. The summed E-state index contributed by atoms with van der Waals surface area (Å²) in [5.41, 5.74) is 0. The summed E-state index contributed by atoms with van der Waals surface area (Å²) in [6.07, 6.45) is 5.30. The molecule has 14 heavy (non-hydrogen) atoms. The Morgan fingerprint density at radius 1 is 1.00 bits per heavy atom. The Kier molecular flexibility index (Phi) is 13.5. The Balaban J connectivity index is 0. The smallest absolute Gasteiger partial charge is 0.372 e. The lowest BCUT2D eigenvalue weighted by atomic mass is 10.1. The van der Waals surface area contributed by atoms with E-state index in [-0.39, 0.29) is 6.42 Å². The zero-order valence-corrected chi connectivity index (χ0v) is 8.95. The summed E-state index contributed by atoms with van der Waals surface area (Å²) in [7, 11) is 1.00. The topological polar surface area (TPSA) is 74.6 Å². The van der Waals surface area contributed by atoms with Gasteiger partial charge in [-0.25, -0.2) is 4.79 Å². The highest BCUT2D eigenvalue weighted by Gasteiger charge is 2.09.